The van der Waals surface area contributed by atoms with E-state index in [9.17, 15) is 0 Å². The van der Waals surface area contributed by atoms with Gasteiger partial charge in [0.05, 0.1) is 6.20 Å². The van der Waals surface area contributed by atoms with Gasteiger partial charge in [0.1, 0.15) is 11.5 Å². The van der Waals surface area contributed by atoms with Crippen LogP contribution in [0.25, 0.3) is 17.3 Å². The van der Waals surface area contributed by atoms with Crippen molar-refractivity contribution >= 4 is 5.78 Å². The third kappa shape index (κ3) is 1.41. The predicted octanol–water partition coefficient (Wildman–Crippen LogP) is -0.607. The Labute approximate surface area is 89.7 Å². The van der Waals surface area contributed by atoms with Crippen molar-refractivity contribution in [1.82, 2.24) is 34.8 Å². The van der Waals surface area contributed by atoms with Crippen LogP contribution in [-0.4, -0.2) is 40.2 Å². The first kappa shape index (κ1) is 10.2. The molecule has 0 spiro atoms. The van der Waals surface area contributed by atoms with E-state index >= 15 is 0 Å². The maximum atomic E-state index is 4.15. The average molecular weight is 219 g/mol. The zero-order valence-electron chi connectivity index (χ0n) is 8.42. The number of aromatic amines is 1. The Hall–Kier alpha value is -2.35. The number of rotatable bonds is 1. The maximum absolute atomic E-state index is 4.15. The van der Waals surface area contributed by atoms with Crippen LogP contribution in [-0.2, 0) is 0 Å². The van der Waals surface area contributed by atoms with Crippen LogP contribution in [0.5, 0.6) is 0 Å². The van der Waals surface area contributed by atoms with Gasteiger partial charge in [-0.2, -0.15) is 9.50 Å². The van der Waals surface area contributed by atoms with Crippen molar-refractivity contribution in [2.24, 2.45) is 0 Å². The fraction of sp³-hybridized carbons (Fsp3) is 0.125. The molecule has 3 N–H and O–H groups in total. The third-order valence-corrected chi connectivity index (χ3v) is 1.98. The van der Waals surface area contributed by atoms with Gasteiger partial charge in [0.15, 0.2) is 0 Å². The normalized spacial score (nSPS) is 10.3. The minimum absolute atomic E-state index is 0. The molecule has 0 aliphatic heterocycles. The lowest BCUT2D eigenvalue weighted by atomic mass is 10.4. The highest BCUT2D eigenvalue weighted by Crippen LogP contribution is 2.12. The van der Waals surface area contributed by atoms with Crippen LogP contribution in [0.15, 0.2) is 18.6 Å². The number of aryl methyl sites for hydroxylation is 1. The summed E-state index contributed by atoms with van der Waals surface area (Å²) in [4.78, 5) is 12.3. The van der Waals surface area contributed by atoms with Gasteiger partial charge in [-0.05, 0) is 6.92 Å². The molecule has 0 amide bonds. The zero-order valence-corrected chi connectivity index (χ0v) is 8.42. The van der Waals surface area contributed by atoms with Gasteiger partial charge >= 0.3 is 0 Å². The number of fused-ring (bicyclic) bond motifs is 1. The second kappa shape index (κ2) is 3.66. The Kier molecular flexibility index (Phi) is 2.33. The van der Waals surface area contributed by atoms with Crippen LogP contribution in [0.4, 0.5) is 0 Å². The zero-order chi connectivity index (χ0) is 10.3. The molecule has 8 heteroatoms. The first-order chi connectivity index (χ1) is 7.34. The fourth-order valence-corrected chi connectivity index (χ4v) is 1.37. The van der Waals surface area contributed by atoms with Crippen molar-refractivity contribution < 1.29 is 5.48 Å². The molecular formula is C8H9N7O. The van der Waals surface area contributed by atoms with Gasteiger partial charge in [-0.15, -0.1) is 10.2 Å². The van der Waals surface area contributed by atoms with Gasteiger partial charge in [0.2, 0.25) is 5.82 Å². The van der Waals surface area contributed by atoms with Crippen LogP contribution < -0.4 is 0 Å². The largest absolute Gasteiger partial charge is 0.412 e. The number of nitrogens with one attached hydrogen (secondary N) is 1. The molecule has 0 bridgehead atoms. The molecule has 3 aromatic rings. The minimum atomic E-state index is 0. The molecule has 0 aliphatic rings. The van der Waals surface area contributed by atoms with Crippen LogP contribution in [0.3, 0.4) is 0 Å². The molecule has 0 radical (unpaired) electrons. The Morgan fingerprint density at radius 2 is 2.12 bits per heavy atom. The molecule has 3 aromatic heterocycles. The molecule has 0 atom stereocenters. The van der Waals surface area contributed by atoms with Crippen LogP contribution >= 0.6 is 0 Å². The van der Waals surface area contributed by atoms with Crippen LogP contribution in [0.2, 0.25) is 0 Å². The third-order valence-electron chi connectivity index (χ3n) is 1.98. The smallest absolute Gasteiger partial charge is 0.272 e. The number of H-pyrrole nitrogens is 1. The molecule has 0 fully saturated rings. The van der Waals surface area contributed by atoms with Gasteiger partial charge in [-0.3, -0.25) is 10.1 Å². The Bertz CT molecular complexity index is 599. The molecule has 16 heavy (non-hydrogen) atoms. The van der Waals surface area contributed by atoms with E-state index in [1.807, 2.05) is 6.92 Å². The summed E-state index contributed by atoms with van der Waals surface area (Å²) >= 11 is 0. The van der Waals surface area contributed by atoms with Gasteiger partial charge in [0.25, 0.3) is 5.78 Å². The maximum Gasteiger partial charge on any atom is 0.272 e. The Morgan fingerprint density at radius 1 is 1.25 bits per heavy atom. The summed E-state index contributed by atoms with van der Waals surface area (Å²) in [6.45, 7) is 1.86. The highest BCUT2D eigenvalue weighted by molar-refractivity contribution is 5.50. The topological polar surface area (TPSA) is 116 Å². The summed E-state index contributed by atoms with van der Waals surface area (Å²) < 4.78 is 1.68. The standard InChI is InChI=1S/C8H7N7.H2O/c1-5-11-8-13-12-7(15(8)14-5)6-4-9-2-3-10-6;/h2-4H,1H3,(H,11,13,14);1H2. The number of nitrogens with zero attached hydrogens (tertiary/aromatic N) is 6. The van der Waals surface area contributed by atoms with Crippen molar-refractivity contribution in [2.75, 3.05) is 0 Å². The number of aromatic nitrogens is 7. The summed E-state index contributed by atoms with van der Waals surface area (Å²) in [6.07, 6.45) is 4.85. The van der Waals surface area contributed by atoms with Crippen molar-refractivity contribution in [3.05, 3.63) is 24.4 Å². The monoisotopic (exact) mass is 219 g/mol. The van der Waals surface area contributed by atoms with E-state index in [4.69, 9.17) is 0 Å². The van der Waals surface area contributed by atoms with Crippen molar-refractivity contribution in [3.63, 3.8) is 0 Å². The van der Waals surface area contributed by atoms with E-state index in [1.54, 1.807) is 23.1 Å². The summed E-state index contributed by atoms with van der Waals surface area (Å²) in [5.41, 5.74) is 0.661. The second-order valence-corrected chi connectivity index (χ2v) is 3.06. The molecule has 8 nitrogen and oxygen atoms in total. The highest BCUT2D eigenvalue weighted by Gasteiger charge is 2.11. The lowest BCUT2D eigenvalue weighted by Crippen LogP contribution is -1.93. The summed E-state index contributed by atoms with van der Waals surface area (Å²) in [5, 5.41) is 10.9. The lowest BCUT2D eigenvalue weighted by molar-refractivity contribution is 0.824. The van der Waals surface area contributed by atoms with Gasteiger partial charge in [-0.1, -0.05) is 0 Å². The molecule has 3 rings (SSSR count). The van der Waals surface area contributed by atoms with E-state index < -0.39 is 0 Å². The fourth-order valence-electron chi connectivity index (χ4n) is 1.37. The first-order valence-electron chi connectivity index (χ1n) is 4.39. The minimum Gasteiger partial charge on any atom is -0.412 e. The molecule has 3 heterocycles. The van der Waals surface area contributed by atoms with Gasteiger partial charge < -0.3 is 5.48 Å². The van der Waals surface area contributed by atoms with Crippen LogP contribution in [0.1, 0.15) is 5.82 Å². The van der Waals surface area contributed by atoms with Crippen molar-refractivity contribution in [2.45, 2.75) is 6.92 Å². The Morgan fingerprint density at radius 3 is 2.88 bits per heavy atom. The molecule has 82 valence electrons. The van der Waals surface area contributed by atoms with Crippen LogP contribution in [0, 0.1) is 6.92 Å². The lowest BCUT2D eigenvalue weighted by Gasteiger charge is -1.93. The van der Waals surface area contributed by atoms with E-state index in [-0.39, 0.29) is 5.48 Å². The second-order valence-electron chi connectivity index (χ2n) is 3.06. The first-order valence-corrected chi connectivity index (χ1v) is 4.39. The van der Waals surface area contributed by atoms with E-state index in [1.165, 1.54) is 0 Å². The quantitative estimate of drug-likeness (QED) is 0.586. The summed E-state index contributed by atoms with van der Waals surface area (Å²) in [5.74, 6) is 1.93. The van der Waals surface area contributed by atoms with E-state index in [0.29, 0.717) is 17.3 Å². The highest BCUT2D eigenvalue weighted by atomic mass is 16.0. The molecule has 0 aromatic carbocycles. The van der Waals surface area contributed by atoms with E-state index in [0.717, 1.165) is 5.82 Å². The van der Waals surface area contributed by atoms with Crippen molar-refractivity contribution in [1.29, 1.82) is 0 Å². The van der Waals surface area contributed by atoms with Gasteiger partial charge in [-0.25, -0.2) is 4.98 Å². The van der Waals surface area contributed by atoms with E-state index in [2.05, 4.69) is 30.2 Å². The predicted molar refractivity (Wildman–Crippen MR) is 54.5 cm³/mol. The molecular weight excluding hydrogens is 210 g/mol. The molecule has 0 saturated carbocycles. The summed E-state index contributed by atoms with van der Waals surface area (Å²) in [7, 11) is 0. The molecule has 0 aliphatic carbocycles. The average Bonchev–Trinajstić information content (AvgIpc) is 2.77. The van der Waals surface area contributed by atoms with Gasteiger partial charge in [0, 0.05) is 12.4 Å². The SMILES string of the molecule is Cc1nc2nnc(-c3cnccn3)n2[nH]1.O. The summed E-state index contributed by atoms with van der Waals surface area (Å²) in [6, 6.07) is 0. The van der Waals surface area contributed by atoms with Crippen molar-refractivity contribution in [3.8, 4) is 11.5 Å². The Balaban J connectivity index is 0.000000963. The number of hydrogen-bond acceptors (Lipinski definition) is 5. The number of hydrogen-bond donors (Lipinski definition) is 1. The molecule has 0 unspecified atom stereocenters. The molecule has 0 saturated heterocycles.